The van der Waals surface area contributed by atoms with Gasteiger partial charge in [-0.1, -0.05) is 6.07 Å². The third kappa shape index (κ3) is 3.88. The van der Waals surface area contributed by atoms with Crippen molar-refractivity contribution in [2.75, 3.05) is 16.4 Å². The first-order chi connectivity index (χ1) is 12.3. The van der Waals surface area contributed by atoms with Gasteiger partial charge in [0.1, 0.15) is 23.3 Å². The summed E-state index contributed by atoms with van der Waals surface area (Å²) in [6.07, 6.45) is 0. The largest absolute Gasteiger partial charge is 0.368 e. The molecular weight excluding hydrogens is 340 g/mol. The van der Waals surface area contributed by atoms with Crippen LogP contribution in [-0.2, 0) is 7.05 Å². The third-order valence-electron chi connectivity index (χ3n) is 3.91. The van der Waals surface area contributed by atoms with Crippen LogP contribution in [0.25, 0.3) is 0 Å². The van der Waals surface area contributed by atoms with E-state index in [-0.39, 0.29) is 5.95 Å². The summed E-state index contributed by atoms with van der Waals surface area (Å²) in [5, 5.41) is 10.4. The quantitative estimate of drug-likeness (QED) is 0.647. The number of nitrogens with one attached hydrogen (secondary N) is 2. The molecule has 2 aromatic heterocycles. The molecule has 4 N–H and O–H groups in total. The van der Waals surface area contributed by atoms with E-state index in [1.54, 1.807) is 17.7 Å². The lowest BCUT2D eigenvalue weighted by Gasteiger charge is -2.16. The third-order valence-corrected chi connectivity index (χ3v) is 3.91. The van der Waals surface area contributed by atoms with Gasteiger partial charge in [-0.3, -0.25) is 4.68 Å². The molecule has 2 heterocycles. The van der Waals surface area contributed by atoms with Crippen molar-refractivity contribution < 1.29 is 8.78 Å². The normalized spacial score (nSPS) is 12.0. The van der Waals surface area contributed by atoms with Gasteiger partial charge in [-0.25, -0.2) is 8.78 Å². The van der Waals surface area contributed by atoms with E-state index in [9.17, 15) is 8.78 Å². The van der Waals surface area contributed by atoms with E-state index in [0.717, 1.165) is 11.8 Å². The van der Waals surface area contributed by atoms with Gasteiger partial charge in [-0.15, -0.1) is 0 Å². The maximum atomic E-state index is 13.9. The second-order valence-corrected chi connectivity index (χ2v) is 5.95. The summed E-state index contributed by atoms with van der Waals surface area (Å²) >= 11 is 0. The number of hydrogen-bond donors (Lipinski definition) is 3. The monoisotopic (exact) mass is 359 g/mol. The lowest BCUT2D eigenvalue weighted by atomic mass is 10.1. The Balaban J connectivity index is 1.80. The van der Waals surface area contributed by atoms with Crippen LogP contribution in [0.1, 0.15) is 24.2 Å². The Morgan fingerprint density at radius 1 is 1.08 bits per heavy atom. The minimum atomic E-state index is -0.630. The smallest absolute Gasteiger partial charge is 0.223 e. The fourth-order valence-electron chi connectivity index (χ4n) is 2.51. The van der Waals surface area contributed by atoms with Gasteiger partial charge in [-0.05, 0) is 19.9 Å². The molecule has 0 spiro atoms. The van der Waals surface area contributed by atoms with Crippen molar-refractivity contribution >= 4 is 23.4 Å². The van der Waals surface area contributed by atoms with Gasteiger partial charge in [0.05, 0.1) is 6.04 Å². The van der Waals surface area contributed by atoms with Gasteiger partial charge in [0.2, 0.25) is 5.95 Å². The molecule has 0 aliphatic rings. The summed E-state index contributed by atoms with van der Waals surface area (Å²) in [6.45, 7) is 3.67. The molecule has 0 aliphatic carbocycles. The fourth-order valence-corrected chi connectivity index (χ4v) is 2.51. The molecule has 0 amide bonds. The zero-order chi connectivity index (χ0) is 18.8. The number of aryl methyl sites for hydroxylation is 2. The van der Waals surface area contributed by atoms with Crippen LogP contribution in [-0.4, -0.2) is 19.7 Å². The first kappa shape index (κ1) is 17.6. The molecule has 9 heteroatoms. The maximum absolute atomic E-state index is 13.9. The predicted octanol–water partition coefficient (Wildman–Crippen LogP) is 3.30. The van der Waals surface area contributed by atoms with E-state index in [1.165, 1.54) is 12.1 Å². The standard InChI is InChI=1S/C17H19F2N7/c1-9-6-16(25-26(9)3)22-15-8-14(23-17(20)24-15)21-10(2)12-5-4-11(18)7-13(12)19/h4-8,10H,1-3H3,(H4,20,21,22,23,24,25). The zero-order valence-electron chi connectivity index (χ0n) is 14.6. The summed E-state index contributed by atoms with van der Waals surface area (Å²) in [5.41, 5.74) is 7.06. The molecular formula is C17H19F2N7. The van der Waals surface area contributed by atoms with E-state index >= 15 is 0 Å². The summed E-state index contributed by atoms with van der Waals surface area (Å²) in [5.74, 6) is 0.272. The highest BCUT2D eigenvalue weighted by Crippen LogP contribution is 2.24. The molecule has 0 bridgehead atoms. The molecule has 0 aliphatic heterocycles. The molecule has 136 valence electrons. The molecule has 7 nitrogen and oxygen atoms in total. The molecule has 0 radical (unpaired) electrons. The number of nitrogen functional groups attached to an aromatic ring is 1. The van der Waals surface area contributed by atoms with Gasteiger partial charge >= 0.3 is 0 Å². The highest BCUT2D eigenvalue weighted by molar-refractivity contribution is 5.58. The summed E-state index contributed by atoms with van der Waals surface area (Å²) in [4.78, 5) is 8.22. The summed E-state index contributed by atoms with van der Waals surface area (Å²) in [7, 11) is 1.83. The average molecular weight is 359 g/mol. The lowest BCUT2D eigenvalue weighted by molar-refractivity contribution is 0.566. The molecule has 0 fully saturated rings. The minimum absolute atomic E-state index is 0.0527. The van der Waals surface area contributed by atoms with Crippen LogP contribution in [0.5, 0.6) is 0 Å². The van der Waals surface area contributed by atoms with Crippen LogP contribution < -0.4 is 16.4 Å². The van der Waals surface area contributed by atoms with Crippen molar-refractivity contribution in [3.63, 3.8) is 0 Å². The first-order valence-corrected chi connectivity index (χ1v) is 7.95. The Morgan fingerprint density at radius 2 is 1.81 bits per heavy atom. The SMILES string of the molecule is Cc1cc(Nc2cc(NC(C)c3ccc(F)cc3F)nc(N)n2)nn1C. The number of rotatable bonds is 5. The van der Waals surface area contributed by atoms with Gasteiger partial charge in [0.15, 0.2) is 5.82 Å². The van der Waals surface area contributed by atoms with Crippen molar-refractivity contribution in [3.8, 4) is 0 Å². The summed E-state index contributed by atoms with van der Waals surface area (Å²) in [6, 6.07) is 6.50. The molecule has 0 saturated carbocycles. The van der Waals surface area contributed by atoms with E-state index in [4.69, 9.17) is 5.73 Å². The lowest BCUT2D eigenvalue weighted by Crippen LogP contribution is -2.12. The van der Waals surface area contributed by atoms with Gasteiger partial charge < -0.3 is 16.4 Å². The van der Waals surface area contributed by atoms with Crippen LogP contribution in [0, 0.1) is 18.6 Å². The van der Waals surface area contributed by atoms with Crippen LogP contribution >= 0.6 is 0 Å². The number of nitrogens with two attached hydrogens (primary N) is 1. The number of benzene rings is 1. The van der Waals surface area contributed by atoms with Crippen molar-refractivity contribution in [2.24, 2.45) is 7.05 Å². The minimum Gasteiger partial charge on any atom is -0.368 e. The summed E-state index contributed by atoms with van der Waals surface area (Å²) < 4.78 is 28.7. The number of nitrogens with zero attached hydrogens (tertiary/aromatic N) is 4. The Labute approximate surface area is 149 Å². The fraction of sp³-hybridized carbons (Fsp3) is 0.235. The average Bonchev–Trinajstić information content (AvgIpc) is 2.84. The van der Waals surface area contributed by atoms with Crippen molar-refractivity contribution in [1.82, 2.24) is 19.7 Å². The Hall–Kier alpha value is -3.23. The van der Waals surface area contributed by atoms with Gasteiger partial charge in [0, 0.05) is 36.5 Å². The Kier molecular flexibility index (Phi) is 4.70. The van der Waals surface area contributed by atoms with Crippen molar-refractivity contribution in [1.29, 1.82) is 0 Å². The molecule has 3 aromatic rings. The molecule has 0 saturated heterocycles. The van der Waals surface area contributed by atoms with Crippen molar-refractivity contribution in [2.45, 2.75) is 19.9 Å². The Bertz CT molecular complexity index is 919. The highest BCUT2D eigenvalue weighted by Gasteiger charge is 2.13. The van der Waals surface area contributed by atoms with Crippen molar-refractivity contribution in [3.05, 3.63) is 53.2 Å². The van der Waals surface area contributed by atoms with Crippen LogP contribution in [0.3, 0.4) is 0 Å². The highest BCUT2D eigenvalue weighted by atomic mass is 19.1. The topological polar surface area (TPSA) is 93.7 Å². The number of anilines is 4. The predicted molar refractivity (Wildman–Crippen MR) is 96.1 cm³/mol. The first-order valence-electron chi connectivity index (χ1n) is 7.95. The Morgan fingerprint density at radius 3 is 2.46 bits per heavy atom. The number of hydrogen-bond acceptors (Lipinski definition) is 6. The van der Waals surface area contributed by atoms with Crippen LogP contribution in [0.4, 0.5) is 32.2 Å². The van der Waals surface area contributed by atoms with E-state index in [0.29, 0.717) is 23.0 Å². The molecule has 1 atom stereocenters. The van der Waals surface area contributed by atoms with Gasteiger partial charge in [-0.2, -0.15) is 15.1 Å². The van der Waals surface area contributed by atoms with Crippen LogP contribution in [0.2, 0.25) is 0 Å². The molecule has 1 aromatic carbocycles. The zero-order valence-corrected chi connectivity index (χ0v) is 14.6. The maximum Gasteiger partial charge on any atom is 0.223 e. The second-order valence-electron chi connectivity index (χ2n) is 5.95. The van der Waals surface area contributed by atoms with E-state index in [1.807, 2.05) is 20.0 Å². The van der Waals surface area contributed by atoms with Gasteiger partial charge in [0.25, 0.3) is 0 Å². The number of halogens is 2. The van der Waals surface area contributed by atoms with Crippen LogP contribution in [0.15, 0.2) is 30.3 Å². The van der Waals surface area contributed by atoms with E-state index < -0.39 is 17.7 Å². The molecule has 1 unspecified atom stereocenters. The van der Waals surface area contributed by atoms with E-state index in [2.05, 4.69) is 25.7 Å². The molecule has 26 heavy (non-hydrogen) atoms. The second kappa shape index (κ2) is 6.95. The molecule has 3 rings (SSSR count). The number of aromatic nitrogens is 4.